The highest BCUT2D eigenvalue weighted by Crippen LogP contribution is 2.25. The van der Waals surface area contributed by atoms with Crippen molar-refractivity contribution in [2.45, 2.75) is 0 Å². The van der Waals surface area contributed by atoms with Crippen LogP contribution >= 0.6 is 23.2 Å². The van der Waals surface area contributed by atoms with Crippen molar-refractivity contribution in [3.63, 3.8) is 0 Å². The molecule has 58 valence electrons. The molecule has 2 aromatic rings. The smallest absolute Gasteiger partial charge is 0.164 e. The Kier molecular flexibility index (Phi) is 1.37. The number of aromatic nitrogens is 3. The van der Waals surface area contributed by atoms with E-state index in [1.165, 1.54) is 0 Å². The fourth-order valence-corrected chi connectivity index (χ4v) is 1.39. The van der Waals surface area contributed by atoms with Crippen LogP contribution in [0.4, 0.5) is 0 Å². The Morgan fingerprint density at radius 2 is 2.27 bits per heavy atom. The molecule has 0 saturated heterocycles. The second-order valence-electron chi connectivity index (χ2n) is 2.30. The van der Waals surface area contributed by atoms with Crippen LogP contribution in [0, 0.1) is 0 Å². The number of nitrogens with zero attached hydrogens (tertiary/aromatic N) is 2. The van der Waals surface area contributed by atoms with Crippen LogP contribution in [0.1, 0.15) is 0 Å². The van der Waals surface area contributed by atoms with E-state index in [-0.39, 0.29) is 0 Å². The van der Waals surface area contributed by atoms with Crippen molar-refractivity contribution < 1.29 is 0 Å². The molecule has 11 heavy (non-hydrogen) atoms. The summed E-state index contributed by atoms with van der Waals surface area (Å²) >= 11 is 11.6. The molecule has 0 amide bonds. The molecule has 0 aliphatic heterocycles. The third kappa shape index (κ3) is 0.847. The van der Waals surface area contributed by atoms with E-state index in [0.717, 1.165) is 11.0 Å². The minimum atomic E-state index is 0.530. The van der Waals surface area contributed by atoms with Crippen molar-refractivity contribution in [1.82, 2.24) is 14.8 Å². The van der Waals surface area contributed by atoms with Gasteiger partial charge in [-0.1, -0.05) is 23.2 Å². The predicted molar refractivity (Wildman–Crippen MR) is 45.1 cm³/mol. The van der Waals surface area contributed by atoms with Gasteiger partial charge in [-0.15, -0.1) is 0 Å². The lowest BCUT2D eigenvalue weighted by molar-refractivity contribution is 0.929. The third-order valence-corrected chi connectivity index (χ3v) is 2.29. The number of aromatic amines is 1. The molecule has 1 N–H and O–H groups in total. The van der Waals surface area contributed by atoms with Crippen LogP contribution in [0.2, 0.25) is 10.3 Å². The van der Waals surface area contributed by atoms with Gasteiger partial charge in [0.05, 0.1) is 5.39 Å². The first kappa shape index (κ1) is 7.00. The Balaban J connectivity index is 2.93. The van der Waals surface area contributed by atoms with Crippen LogP contribution in [0.3, 0.4) is 0 Å². The van der Waals surface area contributed by atoms with Crippen LogP contribution < -0.4 is 0 Å². The average Bonchev–Trinajstić information content (AvgIpc) is 2.43. The molecule has 0 saturated carbocycles. The van der Waals surface area contributed by atoms with Crippen molar-refractivity contribution in [3.8, 4) is 0 Å². The summed E-state index contributed by atoms with van der Waals surface area (Å²) in [5, 5.41) is 8.65. The van der Waals surface area contributed by atoms with E-state index in [1.807, 2.05) is 7.05 Å². The van der Waals surface area contributed by atoms with Gasteiger partial charge in [0.25, 0.3) is 0 Å². The number of rotatable bonds is 0. The highest BCUT2D eigenvalue weighted by atomic mass is 35.5. The summed E-state index contributed by atoms with van der Waals surface area (Å²) < 4.78 is 1.76. The Bertz CT molecular complexity index is 401. The molecule has 0 bridgehead atoms. The number of halogens is 2. The lowest BCUT2D eigenvalue weighted by Gasteiger charge is -1.90. The fraction of sp³-hybridized carbons (Fsp3) is 0.167. The van der Waals surface area contributed by atoms with Crippen molar-refractivity contribution >= 4 is 34.2 Å². The van der Waals surface area contributed by atoms with Crippen LogP contribution in [0.15, 0.2) is 6.07 Å². The van der Waals surface area contributed by atoms with Crippen LogP contribution in [0.5, 0.6) is 0 Å². The Hall–Kier alpha value is -0.670. The molecule has 0 atom stereocenters. The van der Waals surface area contributed by atoms with E-state index in [0.29, 0.717) is 10.3 Å². The second-order valence-corrected chi connectivity index (χ2v) is 3.07. The largest absolute Gasteiger partial charge is 0.318 e. The molecule has 0 radical (unpaired) electrons. The van der Waals surface area contributed by atoms with Crippen LogP contribution in [-0.2, 0) is 7.05 Å². The molecule has 0 aliphatic carbocycles. The van der Waals surface area contributed by atoms with E-state index in [4.69, 9.17) is 23.2 Å². The first-order chi connectivity index (χ1) is 5.20. The van der Waals surface area contributed by atoms with Gasteiger partial charge in [0.15, 0.2) is 5.65 Å². The van der Waals surface area contributed by atoms with Gasteiger partial charge in [-0.3, -0.25) is 5.10 Å². The summed E-state index contributed by atoms with van der Waals surface area (Å²) in [5.41, 5.74) is 0.778. The molecule has 0 unspecified atom stereocenters. The van der Waals surface area contributed by atoms with Crippen molar-refractivity contribution in [3.05, 3.63) is 16.4 Å². The van der Waals surface area contributed by atoms with E-state index < -0.39 is 0 Å². The zero-order chi connectivity index (χ0) is 8.01. The van der Waals surface area contributed by atoms with Gasteiger partial charge in [0.1, 0.15) is 10.3 Å². The molecule has 0 aliphatic rings. The summed E-state index contributed by atoms with van der Waals surface area (Å²) in [7, 11) is 1.84. The number of H-pyrrole nitrogens is 1. The molecule has 0 spiro atoms. The van der Waals surface area contributed by atoms with E-state index in [2.05, 4.69) is 10.2 Å². The maximum atomic E-state index is 5.82. The van der Waals surface area contributed by atoms with Gasteiger partial charge >= 0.3 is 0 Å². The van der Waals surface area contributed by atoms with Crippen molar-refractivity contribution in [2.75, 3.05) is 0 Å². The predicted octanol–water partition coefficient (Wildman–Crippen LogP) is 2.21. The van der Waals surface area contributed by atoms with Gasteiger partial charge in [0, 0.05) is 7.05 Å². The van der Waals surface area contributed by atoms with Crippen LogP contribution in [0.25, 0.3) is 11.0 Å². The first-order valence-electron chi connectivity index (χ1n) is 3.05. The summed E-state index contributed by atoms with van der Waals surface area (Å²) in [4.78, 5) is 0. The highest BCUT2D eigenvalue weighted by molar-refractivity contribution is 6.36. The molecular formula is C6H5Cl2N3. The minimum Gasteiger partial charge on any atom is -0.318 e. The lowest BCUT2D eigenvalue weighted by Crippen LogP contribution is -1.86. The summed E-state index contributed by atoms with van der Waals surface area (Å²) in [5.74, 6) is 0. The maximum Gasteiger partial charge on any atom is 0.164 e. The fourth-order valence-electron chi connectivity index (χ4n) is 1.02. The molecule has 2 aromatic heterocycles. The van der Waals surface area contributed by atoms with Gasteiger partial charge < -0.3 is 4.57 Å². The summed E-state index contributed by atoms with van der Waals surface area (Å²) in [6.45, 7) is 0. The van der Waals surface area contributed by atoms with E-state index >= 15 is 0 Å². The van der Waals surface area contributed by atoms with Crippen LogP contribution in [-0.4, -0.2) is 14.8 Å². The third-order valence-electron chi connectivity index (χ3n) is 1.64. The van der Waals surface area contributed by atoms with Crippen molar-refractivity contribution in [1.29, 1.82) is 0 Å². The Morgan fingerprint density at radius 3 is 2.91 bits per heavy atom. The second kappa shape index (κ2) is 2.16. The highest BCUT2D eigenvalue weighted by Gasteiger charge is 2.09. The van der Waals surface area contributed by atoms with Gasteiger partial charge in [-0.2, -0.15) is 5.10 Å². The summed E-state index contributed by atoms with van der Waals surface area (Å²) in [6, 6.07) is 1.78. The van der Waals surface area contributed by atoms with E-state index in [1.54, 1.807) is 10.6 Å². The standard InChI is InChI=1S/C6H5Cl2N3/c1-11-4(7)2-3-5(8)9-10-6(3)11/h2H,1H3,(H,9,10). The van der Waals surface area contributed by atoms with Gasteiger partial charge in [0.2, 0.25) is 0 Å². The van der Waals surface area contributed by atoms with E-state index in [9.17, 15) is 0 Å². The molecule has 5 heteroatoms. The molecule has 2 heterocycles. The number of hydrogen-bond donors (Lipinski definition) is 1. The van der Waals surface area contributed by atoms with Crippen molar-refractivity contribution in [2.24, 2.45) is 7.05 Å². The number of nitrogens with one attached hydrogen (secondary N) is 1. The van der Waals surface area contributed by atoms with Gasteiger partial charge in [-0.05, 0) is 6.07 Å². The first-order valence-corrected chi connectivity index (χ1v) is 3.80. The SMILES string of the molecule is Cn1c(Cl)cc2c(Cl)[nH]nc21. The Morgan fingerprint density at radius 1 is 1.55 bits per heavy atom. The average molecular weight is 190 g/mol. The quantitative estimate of drug-likeness (QED) is 0.678. The summed E-state index contributed by atoms with van der Waals surface area (Å²) in [6.07, 6.45) is 0. The molecule has 0 fully saturated rings. The zero-order valence-electron chi connectivity index (χ0n) is 5.73. The minimum absolute atomic E-state index is 0.530. The molecule has 3 nitrogen and oxygen atoms in total. The molecule has 0 aromatic carbocycles. The monoisotopic (exact) mass is 189 g/mol. The number of fused-ring (bicyclic) bond motifs is 1. The topological polar surface area (TPSA) is 33.6 Å². The van der Waals surface area contributed by atoms with Gasteiger partial charge in [-0.25, -0.2) is 0 Å². The number of aryl methyl sites for hydroxylation is 1. The molecule has 2 rings (SSSR count). The maximum absolute atomic E-state index is 5.82. The Labute approximate surface area is 72.9 Å². The molecular weight excluding hydrogens is 185 g/mol. The normalized spacial score (nSPS) is 11.2. The lowest BCUT2D eigenvalue weighted by atomic mass is 10.4. The zero-order valence-corrected chi connectivity index (χ0v) is 7.24. The number of hydrogen-bond acceptors (Lipinski definition) is 1.